The number of aromatic nitrogens is 5. The van der Waals surface area contributed by atoms with Gasteiger partial charge >= 0.3 is 5.92 Å². The van der Waals surface area contributed by atoms with Crippen LogP contribution in [0.15, 0.2) is 24.5 Å². The molecule has 3 aromatic rings. The van der Waals surface area contributed by atoms with Gasteiger partial charge in [-0.15, -0.1) is 5.10 Å². The predicted octanol–water partition coefficient (Wildman–Crippen LogP) is 3.69. The molecular weight excluding hydrogens is 449 g/mol. The van der Waals surface area contributed by atoms with Crippen molar-refractivity contribution >= 4 is 17.2 Å². The molecule has 0 radical (unpaired) electrons. The van der Waals surface area contributed by atoms with E-state index >= 15 is 0 Å². The molecule has 0 spiro atoms. The summed E-state index contributed by atoms with van der Waals surface area (Å²) in [7, 11) is 0. The molecule has 0 aliphatic carbocycles. The van der Waals surface area contributed by atoms with Gasteiger partial charge in [0.05, 0.1) is 30.1 Å². The molecule has 3 heterocycles. The average Bonchev–Trinajstić information content (AvgIpc) is 3.21. The number of nitrogens with zero attached hydrogens (tertiary/aromatic N) is 6. The minimum Gasteiger partial charge on any atom is -0.488 e. The lowest BCUT2D eigenvalue weighted by atomic mass is 10.0. The molecule has 0 fully saturated rings. The Hall–Kier alpha value is -3.70. The number of ether oxygens (including phenoxy) is 1. The molecule has 34 heavy (non-hydrogen) atoms. The van der Waals surface area contributed by atoms with Gasteiger partial charge in [-0.3, -0.25) is 5.41 Å². The van der Waals surface area contributed by atoms with E-state index in [1.54, 1.807) is 19.9 Å². The summed E-state index contributed by atoms with van der Waals surface area (Å²) in [4.78, 5) is 14.4. The highest BCUT2D eigenvalue weighted by Crippen LogP contribution is 2.32. The minimum atomic E-state index is -3.14. The van der Waals surface area contributed by atoms with E-state index in [1.807, 2.05) is 11.8 Å². The molecule has 0 bridgehead atoms. The zero-order valence-corrected chi connectivity index (χ0v) is 19.2. The van der Waals surface area contributed by atoms with Crippen LogP contribution >= 0.6 is 0 Å². The fraction of sp³-hybridized carbons (Fsp3) is 0.409. The van der Waals surface area contributed by atoms with Crippen LogP contribution < -0.4 is 15.4 Å². The van der Waals surface area contributed by atoms with Crippen molar-refractivity contribution in [2.24, 2.45) is 0 Å². The van der Waals surface area contributed by atoms with Crippen molar-refractivity contribution in [3.05, 3.63) is 53.2 Å². The molecular formula is C22H25F3N8O. The molecule has 3 N–H and O–H groups in total. The molecule has 0 saturated heterocycles. The van der Waals surface area contributed by atoms with Crippen molar-refractivity contribution in [1.82, 2.24) is 24.7 Å². The number of benzene rings is 1. The number of hydrogen-bond acceptors (Lipinski definition) is 8. The number of fused-ring (bicyclic) bond motifs is 1. The second-order valence-corrected chi connectivity index (χ2v) is 8.45. The second kappa shape index (κ2) is 8.58. The van der Waals surface area contributed by atoms with Crippen LogP contribution in [0.1, 0.15) is 56.6 Å². The van der Waals surface area contributed by atoms with Gasteiger partial charge in [0.25, 0.3) is 0 Å². The summed E-state index contributed by atoms with van der Waals surface area (Å²) in [6.07, 6.45) is 1.05. The number of nitrogen functional groups attached to an aromatic ring is 1. The van der Waals surface area contributed by atoms with Crippen molar-refractivity contribution in [2.75, 3.05) is 17.2 Å². The maximum absolute atomic E-state index is 14.2. The first-order valence-electron chi connectivity index (χ1n) is 10.7. The van der Waals surface area contributed by atoms with Gasteiger partial charge in [-0.05, 0) is 26.8 Å². The number of nitrogens with two attached hydrogens (primary N) is 1. The van der Waals surface area contributed by atoms with Crippen LogP contribution in [0.5, 0.6) is 5.75 Å². The first-order valence-corrected chi connectivity index (χ1v) is 10.7. The van der Waals surface area contributed by atoms with Crippen molar-refractivity contribution < 1.29 is 17.9 Å². The quantitative estimate of drug-likeness (QED) is 0.413. The molecule has 1 aliphatic rings. The fourth-order valence-corrected chi connectivity index (χ4v) is 3.77. The SMILES string of the molecule is CC(C)Oc1cc(C(=N)c2cc(N3CCn4nc(C(C)(F)F)nc4C3C)ncn2)c(N)cc1F. The van der Waals surface area contributed by atoms with Crippen molar-refractivity contribution in [3.8, 4) is 5.75 Å². The highest BCUT2D eigenvalue weighted by Gasteiger charge is 2.35. The molecule has 9 nitrogen and oxygen atoms in total. The minimum absolute atomic E-state index is 0.00857. The Morgan fingerprint density at radius 2 is 1.97 bits per heavy atom. The Bertz CT molecular complexity index is 1240. The third-order valence-corrected chi connectivity index (χ3v) is 5.43. The monoisotopic (exact) mass is 474 g/mol. The highest BCUT2D eigenvalue weighted by atomic mass is 19.3. The maximum Gasteiger partial charge on any atom is 0.305 e. The molecule has 180 valence electrons. The summed E-state index contributed by atoms with van der Waals surface area (Å²) >= 11 is 0. The lowest BCUT2D eigenvalue weighted by Gasteiger charge is -2.33. The van der Waals surface area contributed by atoms with Crippen LogP contribution in [-0.2, 0) is 12.5 Å². The van der Waals surface area contributed by atoms with E-state index in [-0.39, 0.29) is 34.5 Å². The van der Waals surface area contributed by atoms with Crippen LogP contribution in [-0.4, -0.2) is 43.1 Å². The third kappa shape index (κ3) is 4.39. The van der Waals surface area contributed by atoms with Gasteiger partial charge in [0.1, 0.15) is 18.0 Å². The molecule has 2 aromatic heterocycles. The van der Waals surface area contributed by atoms with E-state index in [1.165, 1.54) is 17.1 Å². The van der Waals surface area contributed by atoms with Gasteiger partial charge in [-0.2, -0.15) is 8.78 Å². The molecule has 1 unspecified atom stereocenters. The number of hydrogen-bond donors (Lipinski definition) is 2. The molecule has 4 rings (SSSR count). The molecule has 12 heteroatoms. The van der Waals surface area contributed by atoms with Gasteiger partial charge in [0.2, 0.25) is 5.82 Å². The topological polar surface area (TPSA) is 119 Å². The van der Waals surface area contributed by atoms with Gasteiger partial charge in [0, 0.05) is 36.9 Å². The number of halogens is 3. The number of nitrogens with one attached hydrogen (secondary N) is 1. The molecule has 1 atom stereocenters. The van der Waals surface area contributed by atoms with Crippen molar-refractivity contribution in [3.63, 3.8) is 0 Å². The standard InChI is InChI=1S/C22H25F3N8O/c1-11(2)34-17-7-13(15(26)8-14(17)23)19(27)16-9-18(29-10-28-16)32-5-6-33-20(12(32)3)30-21(31-33)22(4,24)25/h7-12,27H,5-6,26H2,1-4H3. The van der Waals surface area contributed by atoms with Gasteiger partial charge in [0.15, 0.2) is 11.6 Å². The van der Waals surface area contributed by atoms with E-state index in [0.717, 1.165) is 13.0 Å². The van der Waals surface area contributed by atoms with Crippen molar-refractivity contribution in [1.29, 1.82) is 5.41 Å². The largest absolute Gasteiger partial charge is 0.488 e. The van der Waals surface area contributed by atoms with E-state index in [0.29, 0.717) is 24.7 Å². The van der Waals surface area contributed by atoms with Gasteiger partial charge in [-0.1, -0.05) is 0 Å². The number of anilines is 2. The van der Waals surface area contributed by atoms with Crippen LogP contribution in [0.25, 0.3) is 0 Å². The zero-order chi connectivity index (χ0) is 24.8. The third-order valence-electron chi connectivity index (χ3n) is 5.43. The zero-order valence-electron chi connectivity index (χ0n) is 19.2. The Labute approximate surface area is 194 Å². The average molecular weight is 474 g/mol. The lowest BCUT2D eigenvalue weighted by Crippen LogP contribution is -2.38. The summed E-state index contributed by atoms with van der Waals surface area (Å²) in [5, 5.41) is 12.6. The van der Waals surface area contributed by atoms with Gasteiger partial charge in [-0.25, -0.2) is 24.0 Å². The molecule has 0 saturated carbocycles. The summed E-state index contributed by atoms with van der Waals surface area (Å²) in [6, 6.07) is 3.71. The van der Waals surface area contributed by atoms with E-state index in [9.17, 15) is 13.2 Å². The predicted molar refractivity (Wildman–Crippen MR) is 120 cm³/mol. The first kappa shape index (κ1) is 23.5. The Kier molecular flexibility index (Phi) is 5.92. The summed E-state index contributed by atoms with van der Waals surface area (Å²) in [5.41, 5.74) is 6.56. The van der Waals surface area contributed by atoms with Crippen LogP contribution in [0, 0.1) is 11.2 Å². The van der Waals surface area contributed by atoms with E-state index in [2.05, 4.69) is 20.1 Å². The first-order chi connectivity index (χ1) is 16.0. The van der Waals surface area contributed by atoms with Crippen LogP contribution in [0.3, 0.4) is 0 Å². The molecule has 1 aromatic carbocycles. The normalized spacial score (nSPS) is 16.0. The lowest BCUT2D eigenvalue weighted by molar-refractivity contribution is 0.00755. The van der Waals surface area contributed by atoms with E-state index in [4.69, 9.17) is 15.9 Å². The summed E-state index contributed by atoms with van der Waals surface area (Å²) in [5.74, 6) is -3.40. The molecule has 0 amide bonds. The van der Waals surface area contributed by atoms with Crippen LogP contribution in [0.4, 0.5) is 24.7 Å². The number of rotatable bonds is 6. The fourth-order valence-electron chi connectivity index (χ4n) is 3.77. The second-order valence-electron chi connectivity index (χ2n) is 8.45. The van der Waals surface area contributed by atoms with Crippen LogP contribution in [0.2, 0.25) is 0 Å². The van der Waals surface area contributed by atoms with Gasteiger partial charge < -0.3 is 15.4 Å². The Morgan fingerprint density at radius 1 is 1.24 bits per heavy atom. The smallest absolute Gasteiger partial charge is 0.305 e. The van der Waals surface area contributed by atoms with E-state index < -0.39 is 23.6 Å². The Morgan fingerprint density at radius 3 is 2.65 bits per heavy atom. The highest BCUT2D eigenvalue weighted by molar-refractivity contribution is 6.13. The summed E-state index contributed by atoms with van der Waals surface area (Å²) in [6.45, 7) is 6.91. The number of alkyl halides is 2. The maximum atomic E-state index is 14.2. The summed E-state index contributed by atoms with van der Waals surface area (Å²) < 4.78 is 48.6. The Balaban J connectivity index is 1.64. The van der Waals surface area contributed by atoms with Crippen molar-refractivity contribution in [2.45, 2.75) is 52.3 Å². The molecule has 1 aliphatic heterocycles.